The molecule has 35 heavy (non-hydrogen) atoms. The molecular formula is C27H30N6O2. The Morgan fingerprint density at radius 2 is 1.89 bits per heavy atom. The van der Waals surface area contributed by atoms with Crippen molar-refractivity contribution in [3.05, 3.63) is 82.4 Å². The van der Waals surface area contributed by atoms with Gasteiger partial charge in [0.15, 0.2) is 0 Å². The van der Waals surface area contributed by atoms with Gasteiger partial charge in [0.05, 0.1) is 18.5 Å². The molecule has 1 saturated carbocycles. The Hall–Kier alpha value is -3.78. The molecule has 0 amide bonds. The van der Waals surface area contributed by atoms with E-state index in [-0.39, 0.29) is 11.6 Å². The van der Waals surface area contributed by atoms with Crippen LogP contribution in [0, 0.1) is 0 Å². The first-order chi connectivity index (χ1) is 17.2. The van der Waals surface area contributed by atoms with E-state index in [1.165, 1.54) is 0 Å². The summed E-state index contributed by atoms with van der Waals surface area (Å²) in [6, 6.07) is 16.0. The van der Waals surface area contributed by atoms with Gasteiger partial charge in [0, 0.05) is 43.3 Å². The Morgan fingerprint density at radius 1 is 1.06 bits per heavy atom. The van der Waals surface area contributed by atoms with Crippen molar-refractivity contribution in [3.8, 4) is 0 Å². The topological polar surface area (TPSA) is 94.0 Å². The van der Waals surface area contributed by atoms with Crippen molar-refractivity contribution >= 4 is 28.5 Å². The predicted octanol–water partition coefficient (Wildman–Crippen LogP) is 4.69. The lowest BCUT2D eigenvalue weighted by molar-refractivity contribution is 0.211. The fraction of sp³-hybridized carbons (Fsp3) is 0.333. The maximum absolute atomic E-state index is 13.6. The van der Waals surface area contributed by atoms with Gasteiger partial charge in [-0.25, -0.2) is 9.97 Å². The van der Waals surface area contributed by atoms with E-state index in [9.17, 15) is 4.79 Å². The van der Waals surface area contributed by atoms with E-state index < -0.39 is 0 Å². The second kappa shape index (κ2) is 10.7. The van der Waals surface area contributed by atoms with Gasteiger partial charge in [-0.1, -0.05) is 43.2 Å². The summed E-state index contributed by atoms with van der Waals surface area (Å²) in [7, 11) is 1.67. The van der Waals surface area contributed by atoms with Gasteiger partial charge in [-0.05, 0) is 36.6 Å². The van der Waals surface area contributed by atoms with Crippen LogP contribution in [0.25, 0.3) is 11.0 Å². The van der Waals surface area contributed by atoms with Gasteiger partial charge in [0.1, 0.15) is 11.5 Å². The summed E-state index contributed by atoms with van der Waals surface area (Å²) in [4.78, 5) is 27.4. The lowest BCUT2D eigenvalue weighted by Crippen LogP contribution is -2.28. The minimum absolute atomic E-state index is 0.0440. The molecule has 8 heteroatoms. The minimum atomic E-state index is 0.0440. The maximum Gasteiger partial charge on any atom is 0.256 e. The van der Waals surface area contributed by atoms with Crippen molar-refractivity contribution in [1.82, 2.24) is 19.5 Å². The lowest BCUT2D eigenvalue weighted by atomic mass is 10.0. The third-order valence-corrected chi connectivity index (χ3v) is 6.41. The number of methoxy groups -OCH3 is 1. The van der Waals surface area contributed by atoms with Gasteiger partial charge in [0.25, 0.3) is 5.56 Å². The zero-order valence-electron chi connectivity index (χ0n) is 19.9. The number of nitrogens with one attached hydrogen (secondary N) is 2. The molecule has 0 unspecified atom stereocenters. The average Bonchev–Trinajstić information content (AvgIpc) is 3.41. The third kappa shape index (κ3) is 5.33. The highest BCUT2D eigenvalue weighted by molar-refractivity contribution is 5.76. The highest BCUT2D eigenvalue weighted by Gasteiger charge is 2.23. The van der Waals surface area contributed by atoms with Gasteiger partial charge in [0.2, 0.25) is 5.95 Å². The number of nitrogens with zero attached hydrogens (tertiary/aromatic N) is 4. The molecule has 180 valence electrons. The largest absolute Gasteiger partial charge is 0.383 e. The summed E-state index contributed by atoms with van der Waals surface area (Å²) in [6.07, 6.45) is 8.40. The quantitative estimate of drug-likeness (QED) is 0.343. The van der Waals surface area contributed by atoms with Crippen LogP contribution in [0.5, 0.6) is 0 Å². The van der Waals surface area contributed by atoms with E-state index in [1.54, 1.807) is 19.5 Å². The summed E-state index contributed by atoms with van der Waals surface area (Å²) < 4.78 is 6.96. The van der Waals surface area contributed by atoms with Crippen molar-refractivity contribution < 1.29 is 4.74 Å². The molecule has 0 saturated heterocycles. The maximum atomic E-state index is 13.6. The fourth-order valence-corrected chi connectivity index (χ4v) is 4.67. The Labute approximate surface area is 204 Å². The molecule has 4 aromatic rings. The average molecular weight is 471 g/mol. The number of aromatic nitrogens is 4. The van der Waals surface area contributed by atoms with E-state index in [4.69, 9.17) is 9.72 Å². The molecule has 0 bridgehead atoms. The van der Waals surface area contributed by atoms with Crippen molar-refractivity contribution in [3.63, 3.8) is 0 Å². The first-order valence-electron chi connectivity index (χ1n) is 12.1. The summed E-state index contributed by atoms with van der Waals surface area (Å²) in [6.45, 7) is 1.34. The molecule has 1 aliphatic carbocycles. The Morgan fingerprint density at radius 3 is 2.63 bits per heavy atom. The summed E-state index contributed by atoms with van der Waals surface area (Å²) >= 11 is 0. The molecule has 1 aromatic carbocycles. The first-order valence-corrected chi connectivity index (χ1v) is 12.1. The number of anilines is 3. The van der Waals surface area contributed by atoms with Gasteiger partial charge in [-0.3, -0.25) is 9.36 Å². The van der Waals surface area contributed by atoms with Crippen LogP contribution >= 0.6 is 0 Å². The summed E-state index contributed by atoms with van der Waals surface area (Å²) in [5.41, 5.74) is 3.52. The molecule has 0 radical (unpaired) electrons. The van der Waals surface area contributed by atoms with Crippen LogP contribution in [0.2, 0.25) is 0 Å². The normalized spacial score (nSPS) is 13.9. The van der Waals surface area contributed by atoms with Gasteiger partial charge < -0.3 is 15.4 Å². The highest BCUT2D eigenvalue weighted by atomic mass is 16.5. The zero-order chi connectivity index (χ0) is 24.0. The molecule has 8 nitrogen and oxygen atoms in total. The van der Waals surface area contributed by atoms with Crippen LogP contribution in [-0.2, 0) is 11.2 Å². The smallest absolute Gasteiger partial charge is 0.256 e. The minimum Gasteiger partial charge on any atom is -0.383 e. The van der Waals surface area contributed by atoms with Crippen molar-refractivity contribution in [2.75, 3.05) is 30.9 Å². The predicted molar refractivity (Wildman–Crippen MR) is 138 cm³/mol. The van der Waals surface area contributed by atoms with Crippen LogP contribution in [-0.4, -0.2) is 39.8 Å². The number of pyridine rings is 2. The van der Waals surface area contributed by atoms with E-state index in [0.717, 1.165) is 47.9 Å². The molecule has 5 rings (SSSR count). The van der Waals surface area contributed by atoms with Crippen LogP contribution in [0.1, 0.15) is 42.9 Å². The van der Waals surface area contributed by atoms with Gasteiger partial charge in [-0.2, -0.15) is 4.98 Å². The zero-order valence-corrected chi connectivity index (χ0v) is 19.9. The highest BCUT2D eigenvalue weighted by Crippen LogP contribution is 2.31. The molecule has 1 aliphatic rings. The monoisotopic (exact) mass is 470 g/mol. The van der Waals surface area contributed by atoms with Gasteiger partial charge >= 0.3 is 0 Å². The summed E-state index contributed by atoms with van der Waals surface area (Å²) in [5.74, 6) is 1.06. The lowest BCUT2D eigenvalue weighted by Gasteiger charge is -2.18. The molecule has 3 aromatic heterocycles. The second-order valence-corrected chi connectivity index (χ2v) is 8.89. The number of benzene rings is 1. The van der Waals surface area contributed by atoms with Crippen LogP contribution in [0.3, 0.4) is 0 Å². The molecule has 3 heterocycles. The number of rotatable bonds is 9. The number of hydrogen-bond acceptors (Lipinski definition) is 7. The molecule has 2 N–H and O–H groups in total. The van der Waals surface area contributed by atoms with E-state index >= 15 is 0 Å². The number of ether oxygens (including phenoxy) is 1. The van der Waals surface area contributed by atoms with E-state index in [1.807, 2.05) is 41.0 Å². The van der Waals surface area contributed by atoms with Crippen molar-refractivity contribution in [2.24, 2.45) is 0 Å². The third-order valence-electron chi connectivity index (χ3n) is 6.41. The SMILES string of the molecule is COCCNc1ccc(Nc2ncc3cc(Cc4ccccc4)c(=O)n(C4CCCC4)c3n2)nc1. The molecule has 0 atom stereocenters. The van der Waals surface area contributed by atoms with Crippen LogP contribution < -0.4 is 16.2 Å². The molecule has 0 aliphatic heterocycles. The summed E-state index contributed by atoms with van der Waals surface area (Å²) in [5, 5.41) is 7.30. The van der Waals surface area contributed by atoms with Crippen molar-refractivity contribution in [1.29, 1.82) is 0 Å². The first kappa shape index (κ1) is 23.0. The Balaban J connectivity index is 1.46. The molecule has 0 spiro atoms. The van der Waals surface area contributed by atoms with E-state index in [2.05, 4.69) is 32.7 Å². The number of fused-ring (bicyclic) bond motifs is 1. The van der Waals surface area contributed by atoms with Crippen LogP contribution in [0.4, 0.5) is 17.5 Å². The number of hydrogen-bond donors (Lipinski definition) is 2. The standard InChI is InChI=1S/C27H30N6O2/c1-35-14-13-28-22-11-12-24(29-18-22)31-27-30-17-21-16-20(15-19-7-3-2-4-8-19)26(34)33(25(21)32-27)23-9-5-6-10-23/h2-4,7-8,11-12,16-18,23,28H,5-6,9-10,13-15H2,1H3,(H,29,30,31,32). The molecular weight excluding hydrogens is 440 g/mol. The second-order valence-electron chi connectivity index (χ2n) is 8.89. The Kier molecular flexibility index (Phi) is 6.99. The molecule has 1 fully saturated rings. The van der Waals surface area contributed by atoms with Gasteiger partial charge in [-0.15, -0.1) is 0 Å². The fourth-order valence-electron chi connectivity index (χ4n) is 4.67. The van der Waals surface area contributed by atoms with Crippen LogP contribution in [0.15, 0.2) is 65.7 Å². The van der Waals surface area contributed by atoms with E-state index in [0.29, 0.717) is 37.0 Å². The Bertz CT molecular complexity index is 1330. The van der Waals surface area contributed by atoms with Crippen molar-refractivity contribution in [2.45, 2.75) is 38.1 Å².